The van der Waals surface area contributed by atoms with Crippen LogP contribution in [0.3, 0.4) is 0 Å². The number of rotatable bonds is 14. The predicted molar refractivity (Wildman–Crippen MR) is 163 cm³/mol. The number of hydrogen-bond donors (Lipinski definition) is 3. The van der Waals surface area contributed by atoms with Crippen LogP contribution in [0, 0.1) is 0 Å². The van der Waals surface area contributed by atoms with Crippen molar-refractivity contribution in [2.75, 3.05) is 50.4 Å². The summed E-state index contributed by atoms with van der Waals surface area (Å²) in [7, 11) is -1.42. The summed E-state index contributed by atoms with van der Waals surface area (Å²) in [6.07, 6.45) is -2.35. The van der Waals surface area contributed by atoms with E-state index in [-0.39, 0.29) is 40.8 Å². The summed E-state index contributed by atoms with van der Waals surface area (Å²) < 4.78 is 79.7. The van der Waals surface area contributed by atoms with Crippen LogP contribution >= 0.6 is 0 Å². The van der Waals surface area contributed by atoms with Crippen LogP contribution in [-0.2, 0) is 27.4 Å². The van der Waals surface area contributed by atoms with Gasteiger partial charge in [-0.25, -0.2) is 8.42 Å². The van der Waals surface area contributed by atoms with Crippen molar-refractivity contribution in [2.24, 2.45) is 0 Å². The third-order valence-electron chi connectivity index (χ3n) is 7.21. The smallest absolute Gasteiger partial charge is 0.416 e. The van der Waals surface area contributed by atoms with Crippen LogP contribution in [0.2, 0.25) is 0 Å². The van der Waals surface area contributed by atoms with Gasteiger partial charge >= 0.3 is 6.18 Å². The number of carbonyl (C=O) groups is 2. The molecule has 3 aromatic carbocycles. The number of alkyl halides is 3. The van der Waals surface area contributed by atoms with Gasteiger partial charge in [0.15, 0.2) is 11.5 Å². The molecule has 0 spiro atoms. The van der Waals surface area contributed by atoms with E-state index in [9.17, 15) is 31.2 Å². The first-order valence-corrected chi connectivity index (χ1v) is 15.7. The van der Waals surface area contributed by atoms with Gasteiger partial charge in [0.1, 0.15) is 4.90 Å². The van der Waals surface area contributed by atoms with Gasteiger partial charge in [0.05, 0.1) is 25.5 Å². The van der Waals surface area contributed by atoms with Crippen molar-refractivity contribution in [2.45, 2.75) is 36.8 Å². The minimum atomic E-state index is -4.67. The van der Waals surface area contributed by atoms with Crippen molar-refractivity contribution in [1.29, 1.82) is 0 Å². The van der Waals surface area contributed by atoms with E-state index >= 15 is 0 Å². The lowest BCUT2D eigenvalue weighted by molar-refractivity contribution is -0.137. The minimum absolute atomic E-state index is 0.0436. The van der Waals surface area contributed by atoms with E-state index in [2.05, 4.69) is 15.4 Å². The Bertz CT molecular complexity index is 1630. The predicted octanol–water partition coefficient (Wildman–Crippen LogP) is 4.92. The maximum Gasteiger partial charge on any atom is 0.416 e. The molecule has 1 saturated heterocycles. The number of likely N-dealkylation sites (tertiary alicyclic amines) is 1. The Morgan fingerprint density at radius 3 is 2.44 bits per heavy atom. The van der Waals surface area contributed by atoms with E-state index in [1.807, 2.05) is 6.07 Å². The van der Waals surface area contributed by atoms with E-state index in [0.29, 0.717) is 49.9 Å². The number of carbonyl (C=O) groups excluding carboxylic acids is 2. The molecule has 1 aliphatic heterocycles. The molecule has 1 heterocycles. The standard InChI is InChI=1S/C31H35F3N4O6S/c1-43-26-12-9-21(18-27(26)44-2)13-15-35-25-11-10-22(30(40)36-14-5-17-38-16-4-8-29(38)39)19-28(25)45(41,42)37-24-7-3-6-23(20-24)31(32,33)34/h3,6-7,9-12,18-20,35,37H,4-5,8,13-17H2,1-2H3,(H,36,40). The second-order valence-corrected chi connectivity index (χ2v) is 12.0. The number of nitrogens with one attached hydrogen (secondary N) is 3. The Hall–Kier alpha value is -4.46. The maximum atomic E-state index is 13.6. The summed E-state index contributed by atoms with van der Waals surface area (Å²) in [4.78, 5) is 26.2. The Morgan fingerprint density at radius 2 is 1.76 bits per heavy atom. The average Bonchev–Trinajstić information content (AvgIpc) is 3.42. The van der Waals surface area contributed by atoms with Crippen molar-refractivity contribution < 1.29 is 40.7 Å². The first-order valence-electron chi connectivity index (χ1n) is 14.3. The molecule has 14 heteroatoms. The summed E-state index contributed by atoms with van der Waals surface area (Å²) >= 11 is 0. The third kappa shape index (κ3) is 8.81. The first kappa shape index (κ1) is 33.4. The van der Waals surface area contributed by atoms with E-state index < -0.39 is 27.7 Å². The molecule has 0 aliphatic carbocycles. The molecule has 10 nitrogen and oxygen atoms in total. The maximum absolute atomic E-state index is 13.6. The van der Waals surface area contributed by atoms with Gasteiger partial charge in [-0.05, 0) is 73.4 Å². The molecule has 0 bridgehead atoms. The fraction of sp³-hybridized carbons (Fsp3) is 0.355. The van der Waals surface area contributed by atoms with Gasteiger partial charge in [0.25, 0.3) is 15.9 Å². The molecule has 242 valence electrons. The lowest BCUT2D eigenvalue weighted by Crippen LogP contribution is -2.30. The van der Waals surface area contributed by atoms with Gasteiger partial charge in [-0.1, -0.05) is 12.1 Å². The van der Waals surface area contributed by atoms with Gasteiger partial charge in [-0.2, -0.15) is 13.2 Å². The summed E-state index contributed by atoms with van der Waals surface area (Å²) in [5.41, 5.74) is -0.230. The number of anilines is 2. The number of nitrogens with zero attached hydrogens (tertiary/aromatic N) is 1. The van der Waals surface area contributed by atoms with Crippen molar-refractivity contribution in [3.05, 3.63) is 77.4 Å². The van der Waals surface area contributed by atoms with Crippen LogP contribution in [0.4, 0.5) is 24.5 Å². The summed E-state index contributed by atoms with van der Waals surface area (Å²) in [5, 5.41) is 5.80. The van der Waals surface area contributed by atoms with Crippen LogP contribution < -0.4 is 24.8 Å². The molecule has 0 atom stereocenters. The molecule has 0 aromatic heterocycles. The van der Waals surface area contributed by atoms with E-state index in [4.69, 9.17) is 9.47 Å². The van der Waals surface area contributed by atoms with Gasteiger partial charge in [-0.15, -0.1) is 0 Å². The van der Waals surface area contributed by atoms with Crippen LogP contribution in [0.5, 0.6) is 11.5 Å². The molecule has 1 fully saturated rings. The summed E-state index contributed by atoms with van der Waals surface area (Å²) in [6, 6.07) is 13.3. The highest BCUT2D eigenvalue weighted by molar-refractivity contribution is 7.92. The van der Waals surface area contributed by atoms with Gasteiger partial charge in [0, 0.05) is 43.9 Å². The molecule has 0 saturated carbocycles. The fourth-order valence-corrected chi connectivity index (χ4v) is 6.15. The molecule has 3 N–H and O–H groups in total. The lowest BCUT2D eigenvalue weighted by Gasteiger charge is -2.17. The highest BCUT2D eigenvalue weighted by atomic mass is 32.2. The van der Waals surface area contributed by atoms with Crippen LogP contribution in [0.15, 0.2) is 65.6 Å². The number of sulfonamides is 1. The van der Waals surface area contributed by atoms with E-state index in [1.165, 1.54) is 38.5 Å². The number of amides is 2. The largest absolute Gasteiger partial charge is 0.493 e. The molecule has 2 amide bonds. The Balaban J connectivity index is 1.53. The Labute approximate surface area is 260 Å². The van der Waals surface area contributed by atoms with Gasteiger partial charge in [-0.3, -0.25) is 14.3 Å². The number of halogens is 3. The zero-order valence-electron chi connectivity index (χ0n) is 24.9. The first-order chi connectivity index (χ1) is 21.4. The average molecular weight is 649 g/mol. The second kappa shape index (κ2) is 14.5. The number of ether oxygens (including phenoxy) is 2. The molecule has 4 rings (SSSR count). The zero-order valence-corrected chi connectivity index (χ0v) is 25.7. The summed E-state index contributed by atoms with van der Waals surface area (Å²) in [5.74, 6) is 0.640. The van der Waals surface area contributed by atoms with Crippen molar-refractivity contribution in [3.63, 3.8) is 0 Å². The van der Waals surface area contributed by atoms with Crippen molar-refractivity contribution in [3.8, 4) is 11.5 Å². The molecule has 0 radical (unpaired) electrons. The van der Waals surface area contributed by atoms with Gasteiger partial charge < -0.3 is 25.0 Å². The van der Waals surface area contributed by atoms with Crippen molar-refractivity contribution >= 4 is 33.2 Å². The van der Waals surface area contributed by atoms with Crippen LogP contribution in [0.1, 0.15) is 40.7 Å². The molecule has 1 aliphatic rings. The molecular weight excluding hydrogens is 613 g/mol. The quantitative estimate of drug-likeness (QED) is 0.212. The second-order valence-electron chi connectivity index (χ2n) is 10.4. The number of benzene rings is 3. The summed E-state index contributed by atoms with van der Waals surface area (Å²) in [6.45, 7) is 1.73. The SMILES string of the molecule is COc1ccc(CCNc2ccc(C(=O)NCCCN3CCCC3=O)cc2S(=O)(=O)Nc2cccc(C(F)(F)F)c2)cc1OC. The number of methoxy groups -OCH3 is 2. The lowest BCUT2D eigenvalue weighted by atomic mass is 10.1. The molecule has 45 heavy (non-hydrogen) atoms. The topological polar surface area (TPSA) is 126 Å². The minimum Gasteiger partial charge on any atom is -0.493 e. The molecular formula is C31H35F3N4O6S. The fourth-order valence-electron chi connectivity index (χ4n) is 4.89. The van der Waals surface area contributed by atoms with Crippen LogP contribution in [0.25, 0.3) is 0 Å². The normalized spacial score (nSPS) is 13.4. The van der Waals surface area contributed by atoms with Gasteiger partial charge in [0.2, 0.25) is 5.91 Å². The third-order valence-corrected chi connectivity index (χ3v) is 8.64. The number of hydrogen-bond acceptors (Lipinski definition) is 7. The monoisotopic (exact) mass is 648 g/mol. The van der Waals surface area contributed by atoms with Crippen molar-refractivity contribution in [1.82, 2.24) is 10.2 Å². The van der Waals surface area contributed by atoms with E-state index in [1.54, 1.807) is 17.0 Å². The van der Waals surface area contributed by atoms with E-state index in [0.717, 1.165) is 24.1 Å². The Kier molecular flexibility index (Phi) is 10.8. The highest BCUT2D eigenvalue weighted by Crippen LogP contribution is 2.32. The zero-order chi connectivity index (χ0) is 32.6. The Morgan fingerprint density at radius 1 is 0.978 bits per heavy atom. The molecule has 3 aromatic rings. The molecule has 0 unspecified atom stereocenters. The highest BCUT2D eigenvalue weighted by Gasteiger charge is 2.31. The van der Waals surface area contributed by atoms with Crippen LogP contribution in [-0.4, -0.2) is 65.5 Å².